The Morgan fingerprint density at radius 1 is 1.43 bits per heavy atom. The van der Waals surface area contributed by atoms with Gasteiger partial charge in [-0.2, -0.15) is 0 Å². The summed E-state index contributed by atoms with van der Waals surface area (Å²) in [6.45, 7) is 1.42. The van der Waals surface area contributed by atoms with Crippen molar-refractivity contribution in [3.63, 3.8) is 0 Å². The van der Waals surface area contributed by atoms with E-state index in [0.29, 0.717) is 13.1 Å². The molecule has 0 aliphatic carbocycles. The Hall–Kier alpha value is -1.59. The number of carbonyl (C=O) groups is 1. The third kappa shape index (κ3) is 3.04. The van der Waals surface area contributed by atoms with E-state index in [1.807, 2.05) is 0 Å². The summed E-state index contributed by atoms with van der Waals surface area (Å²) in [5.74, 6) is -0.558. The quantitative estimate of drug-likeness (QED) is 0.936. The van der Waals surface area contributed by atoms with Crippen molar-refractivity contribution in [1.29, 1.82) is 0 Å². The molecule has 2 heterocycles. The first kappa shape index (κ1) is 14.4. The van der Waals surface area contributed by atoms with Gasteiger partial charge in [0.25, 0.3) is 0 Å². The number of rotatable bonds is 3. The van der Waals surface area contributed by atoms with Crippen LogP contribution in [0.3, 0.4) is 0 Å². The minimum Gasteiger partial charge on any atom is -0.374 e. The molecule has 0 saturated heterocycles. The van der Waals surface area contributed by atoms with Gasteiger partial charge in [0.15, 0.2) is 5.82 Å². The number of amides is 1. The normalized spacial score (nSPS) is 13.9. The Kier molecular flexibility index (Phi) is 4.12. The Balaban J connectivity index is 1.61. The fourth-order valence-corrected chi connectivity index (χ4v) is 3.45. The van der Waals surface area contributed by atoms with Crippen LogP contribution in [0.15, 0.2) is 29.6 Å². The number of carbonyl (C=O) groups excluding carboxylic acids is 1. The fraction of sp³-hybridized carbons (Fsp3) is 0.267. The first-order chi connectivity index (χ1) is 10.1. The van der Waals surface area contributed by atoms with Crippen LogP contribution < -0.4 is 5.32 Å². The monoisotopic (exact) mass is 324 g/mol. The number of benzene rings is 1. The lowest BCUT2D eigenvalue weighted by Gasteiger charge is -2.27. The average molecular weight is 325 g/mol. The summed E-state index contributed by atoms with van der Waals surface area (Å²) in [7, 11) is 0. The van der Waals surface area contributed by atoms with Crippen LogP contribution in [0.25, 0.3) is 0 Å². The molecule has 0 radical (unpaired) electrons. The maximum absolute atomic E-state index is 13.7. The predicted octanol–water partition coefficient (Wildman–Crippen LogP) is 3.54. The van der Waals surface area contributed by atoms with E-state index in [-0.39, 0.29) is 23.2 Å². The third-order valence-electron chi connectivity index (χ3n) is 3.54. The zero-order valence-corrected chi connectivity index (χ0v) is 12.8. The zero-order chi connectivity index (χ0) is 14.8. The summed E-state index contributed by atoms with van der Waals surface area (Å²) in [5.41, 5.74) is 1.47. The fourth-order valence-electron chi connectivity index (χ4n) is 2.38. The number of anilines is 1. The van der Waals surface area contributed by atoms with E-state index in [2.05, 4.69) is 16.8 Å². The molecular weight excluding hydrogens is 311 g/mol. The standard InChI is InChI=1S/C15H14ClFN2OS/c16-11-2-1-3-12(15(11)17)18-8-14(20)19-6-4-13-10(9-19)5-7-21-13/h1-3,5,7,18H,4,6,8-9H2. The molecule has 1 aromatic heterocycles. The van der Waals surface area contributed by atoms with Crippen molar-refractivity contribution < 1.29 is 9.18 Å². The van der Waals surface area contributed by atoms with Crippen LogP contribution in [0.1, 0.15) is 10.4 Å². The lowest BCUT2D eigenvalue weighted by Crippen LogP contribution is -2.38. The number of nitrogens with zero attached hydrogens (tertiary/aromatic N) is 1. The zero-order valence-electron chi connectivity index (χ0n) is 11.2. The van der Waals surface area contributed by atoms with Gasteiger partial charge in [-0.15, -0.1) is 11.3 Å². The second-order valence-corrected chi connectivity index (χ2v) is 6.30. The molecule has 3 nitrogen and oxygen atoms in total. The number of thiophene rings is 1. The minimum absolute atomic E-state index is 0.0359. The molecule has 0 spiro atoms. The SMILES string of the molecule is O=C(CNc1cccc(Cl)c1F)N1CCc2sccc2C1. The Morgan fingerprint density at radius 2 is 2.29 bits per heavy atom. The van der Waals surface area contributed by atoms with E-state index in [9.17, 15) is 9.18 Å². The van der Waals surface area contributed by atoms with Crippen LogP contribution >= 0.6 is 22.9 Å². The molecule has 1 aliphatic heterocycles. The van der Waals surface area contributed by atoms with E-state index < -0.39 is 5.82 Å². The van der Waals surface area contributed by atoms with Crippen molar-refractivity contribution >= 4 is 34.5 Å². The second kappa shape index (κ2) is 6.03. The molecule has 3 rings (SSSR count). The average Bonchev–Trinajstić information content (AvgIpc) is 2.96. The van der Waals surface area contributed by atoms with Crippen LogP contribution in [0, 0.1) is 5.82 Å². The van der Waals surface area contributed by atoms with Crippen molar-refractivity contribution in [2.24, 2.45) is 0 Å². The number of hydrogen-bond donors (Lipinski definition) is 1. The molecule has 6 heteroatoms. The number of nitrogens with one attached hydrogen (secondary N) is 1. The van der Waals surface area contributed by atoms with Crippen molar-refractivity contribution in [1.82, 2.24) is 4.90 Å². The smallest absolute Gasteiger partial charge is 0.242 e. The number of halogens is 2. The molecule has 1 aromatic carbocycles. The highest BCUT2D eigenvalue weighted by molar-refractivity contribution is 7.10. The lowest BCUT2D eigenvalue weighted by atomic mass is 10.1. The maximum Gasteiger partial charge on any atom is 0.242 e. The van der Waals surface area contributed by atoms with Crippen LogP contribution in [-0.2, 0) is 17.8 Å². The Labute approximate surface area is 131 Å². The van der Waals surface area contributed by atoms with Gasteiger partial charge in [0.2, 0.25) is 5.91 Å². The minimum atomic E-state index is -0.522. The summed E-state index contributed by atoms with van der Waals surface area (Å²) in [5, 5.41) is 4.92. The van der Waals surface area contributed by atoms with Gasteiger partial charge in [0.1, 0.15) is 0 Å². The van der Waals surface area contributed by atoms with Gasteiger partial charge in [-0.3, -0.25) is 4.79 Å². The molecule has 1 amide bonds. The first-order valence-electron chi connectivity index (χ1n) is 6.66. The first-order valence-corrected chi connectivity index (χ1v) is 7.92. The summed E-state index contributed by atoms with van der Waals surface area (Å²) >= 11 is 7.45. The molecule has 110 valence electrons. The Morgan fingerprint density at radius 3 is 3.14 bits per heavy atom. The molecule has 0 unspecified atom stereocenters. The highest BCUT2D eigenvalue weighted by Crippen LogP contribution is 2.24. The summed E-state index contributed by atoms with van der Waals surface area (Å²) in [4.78, 5) is 15.4. The highest BCUT2D eigenvalue weighted by Gasteiger charge is 2.21. The topological polar surface area (TPSA) is 32.3 Å². The van der Waals surface area contributed by atoms with Crippen LogP contribution in [-0.4, -0.2) is 23.9 Å². The highest BCUT2D eigenvalue weighted by atomic mass is 35.5. The van der Waals surface area contributed by atoms with Crippen LogP contribution in [0.5, 0.6) is 0 Å². The summed E-state index contributed by atoms with van der Waals surface area (Å²) < 4.78 is 13.7. The number of fused-ring (bicyclic) bond motifs is 1. The Bertz CT molecular complexity index is 673. The third-order valence-corrected chi connectivity index (χ3v) is 4.86. The largest absolute Gasteiger partial charge is 0.374 e. The molecule has 1 N–H and O–H groups in total. The lowest BCUT2D eigenvalue weighted by molar-refractivity contribution is -0.130. The van der Waals surface area contributed by atoms with Crippen LogP contribution in [0.4, 0.5) is 10.1 Å². The van der Waals surface area contributed by atoms with Crippen molar-refractivity contribution in [3.05, 3.63) is 50.9 Å². The van der Waals surface area contributed by atoms with Crippen molar-refractivity contribution in [2.75, 3.05) is 18.4 Å². The van der Waals surface area contributed by atoms with Gasteiger partial charge in [0.05, 0.1) is 17.3 Å². The van der Waals surface area contributed by atoms with E-state index in [4.69, 9.17) is 11.6 Å². The summed E-state index contributed by atoms with van der Waals surface area (Å²) in [6, 6.07) is 6.76. The number of hydrogen-bond acceptors (Lipinski definition) is 3. The molecule has 0 fully saturated rings. The predicted molar refractivity (Wildman–Crippen MR) is 83.3 cm³/mol. The van der Waals surface area contributed by atoms with E-state index in [0.717, 1.165) is 6.42 Å². The van der Waals surface area contributed by atoms with Crippen molar-refractivity contribution in [2.45, 2.75) is 13.0 Å². The molecule has 1 aliphatic rings. The maximum atomic E-state index is 13.7. The van der Waals surface area contributed by atoms with Gasteiger partial charge in [-0.25, -0.2) is 4.39 Å². The molecule has 0 saturated carbocycles. The molecule has 0 atom stereocenters. The van der Waals surface area contributed by atoms with Gasteiger partial charge >= 0.3 is 0 Å². The van der Waals surface area contributed by atoms with Crippen LogP contribution in [0.2, 0.25) is 5.02 Å². The van der Waals surface area contributed by atoms with Gasteiger partial charge in [0, 0.05) is 18.0 Å². The van der Waals surface area contributed by atoms with Crippen molar-refractivity contribution in [3.8, 4) is 0 Å². The van der Waals surface area contributed by atoms with Gasteiger partial charge < -0.3 is 10.2 Å². The molecular formula is C15H14ClFN2OS. The molecule has 0 bridgehead atoms. The summed E-state index contributed by atoms with van der Waals surface area (Å²) in [6.07, 6.45) is 0.893. The molecule has 21 heavy (non-hydrogen) atoms. The second-order valence-electron chi connectivity index (χ2n) is 4.89. The van der Waals surface area contributed by atoms with E-state index in [1.54, 1.807) is 28.4 Å². The van der Waals surface area contributed by atoms with E-state index >= 15 is 0 Å². The van der Waals surface area contributed by atoms with E-state index in [1.165, 1.54) is 16.5 Å². The van der Waals surface area contributed by atoms with Gasteiger partial charge in [-0.1, -0.05) is 17.7 Å². The van der Waals surface area contributed by atoms with Gasteiger partial charge in [-0.05, 0) is 35.6 Å². The molecule has 2 aromatic rings.